The van der Waals surface area contributed by atoms with Crippen LogP contribution in [0.25, 0.3) is 11.3 Å². The van der Waals surface area contributed by atoms with Gasteiger partial charge in [0.05, 0.1) is 24.7 Å². The molecule has 0 saturated heterocycles. The number of carbonyl (C=O) groups is 1. The number of ether oxygens (including phenoxy) is 1. The monoisotopic (exact) mass is 278 g/mol. The summed E-state index contributed by atoms with van der Waals surface area (Å²) in [6.45, 7) is 1.78. The second kappa shape index (κ2) is 5.27. The number of nitrogens with one attached hydrogen (secondary N) is 1. The van der Waals surface area contributed by atoms with Gasteiger partial charge in [-0.25, -0.2) is 14.2 Å². The molecule has 0 aliphatic carbocycles. The lowest BCUT2D eigenvalue weighted by molar-refractivity contribution is 0.0600. The number of H-pyrrole nitrogens is 1. The zero-order chi connectivity index (χ0) is 14.0. The van der Waals surface area contributed by atoms with Crippen molar-refractivity contribution in [1.29, 1.82) is 0 Å². The zero-order valence-electron chi connectivity index (χ0n) is 10.4. The van der Waals surface area contributed by atoms with Gasteiger partial charge in [-0.15, -0.1) is 0 Å². The smallest absolute Gasteiger partial charge is 0.337 e. The second-order valence-corrected chi connectivity index (χ2v) is 4.31. The fraction of sp³-hybridized carbons (Fsp3) is 0.154. The molecule has 0 amide bonds. The number of aromatic nitrogens is 2. The van der Waals surface area contributed by atoms with Crippen LogP contribution in [0, 0.1) is 17.4 Å². The van der Waals surface area contributed by atoms with Crippen LogP contribution in [0.5, 0.6) is 0 Å². The highest BCUT2D eigenvalue weighted by Gasteiger charge is 2.12. The molecule has 0 unspecified atom stereocenters. The fourth-order valence-corrected chi connectivity index (χ4v) is 1.89. The molecule has 1 aromatic heterocycles. The Hall–Kier alpha value is -2.08. The summed E-state index contributed by atoms with van der Waals surface area (Å²) in [4.78, 5) is 18.3. The lowest BCUT2D eigenvalue weighted by Gasteiger charge is -2.08. The van der Waals surface area contributed by atoms with Crippen LogP contribution in [0.2, 0.25) is 0 Å². The number of hydrogen-bond donors (Lipinski definition) is 1. The second-order valence-electron chi connectivity index (χ2n) is 3.93. The lowest BCUT2D eigenvalue weighted by Crippen LogP contribution is -2.03. The van der Waals surface area contributed by atoms with Crippen LogP contribution >= 0.6 is 12.2 Å². The summed E-state index contributed by atoms with van der Waals surface area (Å²) < 4.78 is 18.6. The van der Waals surface area contributed by atoms with Gasteiger partial charge in [-0.1, -0.05) is 12.2 Å². The molecule has 2 rings (SSSR count). The highest BCUT2D eigenvalue weighted by atomic mass is 32.1. The van der Waals surface area contributed by atoms with Gasteiger partial charge in [-0.2, -0.15) is 0 Å². The van der Waals surface area contributed by atoms with E-state index in [1.807, 2.05) is 0 Å². The van der Waals surface area contributed by atoms with Crippen LogP contribution < -0.4 is 0 Å². The average molecular weight is 278 g/mol. The van der Waals surface area contributed by atoms with E-state index in [1.165, 1.54) is 19.5 Å². The molecule has 1 N–H and O–H groups in total. The standard InChI is InChI=1S/C13H11FN2O2S/c1-7-11(15-6-16-12(7)19)8-3-9(13(17)18-2)5-10(14)4-8/h3-6H,1-2H3,(H,15,16,19). The van der Waals surface area contributed by atoms with Gasteiger partial charge in [0.25, 0.3) is 0 Å². The molecule has 0 saturated carbocycles. The Labute approximate surface area is 114 Å². The average Bonchev–Trinajstić information content (AvgIpc) is 2.40. The molecule has 6 heteroatoms. The van der Waals surface area contributed by atoms with E-state index in [9.17, 15) is 9.18 Å². The van der Waals surface area contributed by atoms with Crippen LogP contribution in [0.1, 0.15) is 15.9 Å². The van der Waals surface area contributed by atoms with E-state index in [0.717, 1.165) is 11.6 Å². The van der Waals surface area contributed by atoms with Crippen molar-refractivity contribution in [2.45, 2.75) is 6.92 Å². The molecule has 19 heavy (non-hydrogen) atoms. The predicted octanol–water partition coefficient (Wildman–Crippen LogP) is 3.04. The summed E-state index contributed by atoms with van der Waals surface area (Å²) >= 11 is 5.06. The van der Waals surface area contributed by atoms with Crippen LogP contribution in [0.3, 0.4) is 0 Å². The van der Waals surface area contributed by atoms with Crippen molar-refractivity contribution in [1.82, 2.24) is 9.97 Å². The Morgan fingerprint density at radius 3 is 2.84 bits per heavy atom. The maximum atomic E-state index is 13.6. The van der Waals surface area contributed by atoms with E-state index in [4.69, 9.17) is 12.2 Å². The third-order valence-corrected chi connectivity index (χ3v) is 3.11. The maximum absolute atomic E-state index is 13.6. The Kier molecular flexibility index (Phi) is 3.71. The summed E-state index contributed by atoms with van der Waals surface area (Å²) in [5.41, 5.74) is 2.02. The first-order chi connectivity index (χ1) is 9.02. The Balaban J connectivity index is 2.63. The SMILES string of the molecule is COC(=O)c1cc(F)cc(-c2[nH]cnc(=S)c2C)c1. The molecule has 2 aromatic rings. The van der Waals surface area contributed by atoms with Gasteiger partial charge >= 0.3 is 5.97 Å². The number of benzene rings is 1. The van der Waals surface area contributed by atoms with Crippen LogP contribution in [0.15, 0.2) is 24.5 Å². The largest absolute Gasteiger partial charge is 0.465 e. The summed E-state index contributed by atoms with van der Waals surface area (Å²) in [5, 5.41) is 0. The van der Waals surface area contributed by atoms with E-state index in [-0.39, 0.29) is 5.56 Å². The minimum Gasteiger partial charge on any atom is -0.465 e. The molecule has 0 aliphatic heterocycles. The zero-order valence-corrected chi connectivity index (χ0v) is 11.2. The highest BCUT2D eigenvalue weighted by molar-refractivity contribution is 7.71. The Morgan fingerprint density at radius 1 is 1.42 bits per heavy atom. The number of nitrogens with zero attached hydrogens (tertiary/aromatic N) is 1. The summed E-state index contributed by atoms with van der Waals surface area (Å²) in [6.07, 6.45) is 1.44. The van der Waals surface area contributed by atoms with Gasteiger partial charge in [0.15, 0.2) is 0 Å². The van der Waals surface area contributed by atoms with E-state index >= 15 is 0 Å². The molecular formula is C13H11FN2O2S. The van der Waals surface area contributed by atoms with Crippen LogP contribution in [0.4, 0.5) is 4.39 Å². The molecule has 0 atom stereocenters. The molecule has 1 heterocycles. The minimum absolute atomic E-state index is 0.146. The summed E-state index contributed by atoms with van der Waals surface area (Å²) in [6, 6.07) is 3.99. The molecule has 0 radical (unpaired) electrons. The molecule has 1 aromatic carbocycles. The number of halogens is 1. The van der Waals surface area contributed by atoms with Gasteiger partial charge < -0.3 is 9.72 Å². The first kappa shape index (κ1) is 13.4. The van der Waals surface area contributed by atoms with Crippen molar-refractivity contribution in [2.24, 2.45) is 0 Å². The number of hydrogen-bond acceptors (Lipinski definition) is 4. The van der Waals surface area contributed by atoms with Crippen molar-refractivity contribution < 1.29 is 13.9 Å². The molecule has 4 nitrogen and oxygen atoms in total. The normalized spacial score (nSPS) is 10.3. The highest BCUT2D eigenvalue weighted by Crippen LogP contribution is 2.23. The minimum atomic E-state index is -0.592. The molecule has 0 spiro atoms. The molecule has 0 aliphatic rings. The van der Waals surface area contributed by atoms with Gasteiger partial charge in [0, 0.05) is 11.1 Å². The van der Waals surface area contributed by atoms with Crippen molar-refractivity contribution in [3.8, 4) is 11.3 Å². The topological polar surface area (TPSA) is 55.0 Å². The molecule has 0 bridgehead atoms. The Bertz CT molecular complexity index is 697. The van der Waals surface area contributed by atoms with E-state index < -0.39 is 11.8 Å². The van der Waals surface area contributed by atoms with Gasteiger partial charge in [0.1, 0.15) is 10.5 Å². The number of methoxy groups -OCH3 is 1. The third-order valence-electron chi connectivity index (χ3n) is 2.69. The Morgan fingerprint density at radius 2 is 2.16 bits per heavy atom. The third kappa shape index (κ3) is 2.68. The summed E-state index contributed by atoms with van der Waals surface area (Å²) in [5.74, 6) is -1.11. The van der Waals surface area contributed by atoms with Crippen molar-refractivity contribution >= 4 is 18.2 Å². The molecular weight excluding hydrogens is 267 g/mol. The number of carbonyl (C=O) groups excluding carboxylic acids is 1. The van der Waals surface area contributed by atoms with Crippen LogP contribution in [-0.2, 0) is 4.74 Å². The van der Waals surface area contributed by atoms with Crippen molar-refractivity contribution in [3.05, 3.63) is 46.1 Å². The fourth-order valence-electron chi connectivity index (χ4n) is 1.74. The van der Waals surface area contributed by atoms with Crippen LogP contribution in [-0.4, -0.2) is 23.0 Å². The number of aromatic amines is 1. The number of esters is 1. The van der Waals surface area contributed by atoms with Gasteiger partial charge in [-0.3, -0.25) is 0 Å². The summed E-state index contributed by atoms with van der Waals surface area (Å²) in [7, 11) is 1.25. The lowest BCUT2D eigenvalue weighted by atomic mass is 10.0. The van der Waals surface area contributed by atoms with E-state index in [0.29, 0.717) is 15.9 Å². The first-order valence-electron chi connectivity index (χ1n) is 5.46. The van der Waals surface area contributed by atoms with Crippen molar-refractivity contribution in [2.75, 3.05) is 7.11 Å². The molecule has 0 fully saturated rings. The first-order valence-corrected chi connectivity index (χ1v) is 5.87. The van der Waals surface area contributed by atoms with E-state index in [1.54, 1.807) is 13.0 Å². The van der Waals surface area contributed by atoms with Crippen molar-refractivity contribution in [3.63, 3.8) is 0 Å². The van der Waals surface area contributed by atoms with E-state index in [2.05, 4.69) is 14.7 Å². The predicted molar refractivity (Wildman–Crippen MR) is 70.9 cm³/mol. The van der Waals surface area contributed by atoms with Gasteiger partial charge in [-0.05, 0) is 25.1 Å². The maximum Gasteiger partial charge on any atom is 0.337 e. The molecule has 98 valence electrons. The quantitative estimate of drug-likeness (QED) is 0.677. The number of rotatable bonds is 2. The van der Waals surface area contributed by atoms with Gasteiger partial charge in [0.2, 0.25) is 0 Å².